The molecule has 2 aliphatic rings. The fourth-order valence-electron chi connectivity index (χ4n) is 3.36. The van der Waals surface area contributed by atoms with E-state index in [1.165, 1.54) is 0 Å². The summed E-state index contributed by atoms with van der Waals surface area (Å²) in [5, 5.41) is 6.94. The second-order valence-electron chi connectivity index (χ2n) is 7.08. The number of carbonyl (C=O) groups excluding carboxylic acids is 2. The molecule has 1 aliphatic heterocycles. The minimum absolute atomic E-state index is 0.0283. The van der Waals surface area contributed by atoms with Gasteiger partial charge in [0, 0.05) is 44.2 Å². The third kappa shape index (κ3) is 4.52. The number of nitrogens with one attached hydrogen (secondary N) is 1. The average Bonchev–Trinajstić information content (AvgIpc) is 3.41. The van der Waals surface area contributed by atoms with E-state index in [0.29, 0.717) is 26.2 Å². The molecule has 3 amide bonds. The Morgan fingerprint density at radius 2 is 1.88 bits per heavy atom. The molecule has 138 valence electrons. The average molecular weight is 348 g/mol. The van der Waals surface area contributed by atoms with E-state index < -0.39 is 0 Å². The first kappa shape index (κ1) is 17.8. The van der Waals surface area contributed by atoms with Gasteiger partial charge in [0.05, 0.1) is 5.69 Å². The molecule has 0 spiro atoms. The minimum atomic E-state index is -0.0283. The lowest BCUT2D eigenvalue weighted by Crippen LogP contribution is -2.43. The van der Waals surface area contributed by atoms with E-state index in [1.54, 1.807) is 0 Å². The van der Waals surface area contributed by atoms with Crippen LogP contribution >= 0.6 is 0 Å². The molecule has 2 fully saturated rings. The Balaban J connectivity index is 1.38. The molecule has 0 atom stereocenters. The Morgan fingerprint density at radius 3 is 2.56 bits per heavy atom. The highest BCUT2D eigenvalue weighted by Crippen LogP contribution is 2.31. The quantitative estimate of drug-likeness (QED) is 0.824. The van der Waals surface area contributed by atoms with Gasteiger partial charge in [-0.05, 0) is 46.0 Å². The molecule has 25 heavy (non-hydrogen) atoms. The van der Waals surface area contributed by atoms with Gasteiger partial charge < -0.3 is 19.6 Å². The van der Waals surface area contributed by atoms with E-state index in [0.717, 1.165) is 55.7 Å². The maximum absolute atomic E-state index is 12.3. The number of rotatable bonds is 5. The molecule has 1 aliphatic carbocycles. The van der Waals surface area contributed by atoms with Crippen molar-refractivity contribution in [1.29, 1.82) is 0 Å². The Kier molecular flexibility index (Phi) is 5.60. The van der Waals surface area contributed by atoms with Crippen LogP contribution in [0.25, 0.3) is 0 Å². The second kappa shape index (κ2) is 7.89. The summed E-state index contributed by atoms with van der Waals surface area (Å²) in [6, 6.07) is -0.0283. The number of hydrogen-bond acceptors (Lipinski definition) is 4. The molecule has 1 saturated heterocycles. The highest BCUT2D eigenvalue weighted by atomic mass is 16.5. The van der Waals surface area contributed by atoms with Crippen molar-refractivity contribution < 1.29 is 14.1 Å². The van der Waals surface area contributed by atoms with Crippen molar-refractivity contribution in [3.63, 3.8) is 0 Å². The number of aromatic nitrogens is 1. The Morgan fingerprint density at radius 1 is 1.16 bits per heavy atom. The van der Waals surface area contributed by atoms with Crippen molar-refractivity contribution in [2.45, 2.75) is 46.0 Å². The molecular formula is C18H28N4O3. The first-order chi connectivity index (χ1) is 12.1. The van der Waals surface area contributed by atoms with Crippen LogP contribution in [0, 0.1) is 19.8 Å². The predicted octanol–water partition coefficient (Wildman–Crippen LogP) is 1.88. The van der Waals surface area contributed by atoms with Crippen molar-refractivity contribution in [1.82, 2.24) is 20.3 Å². The highest BCUT2D eigenvalue weighted by molar-refractivity contribution is 5.81. The summed E-state index contributed by atoms with van der Waals surface area (Å²) in [4.78, 5) is 28.3. The topological polar surface area (TPSA) is 78.7 Å². The molecule has 1 aromatic heterocycles. The standard InChI is InChI=1S/C18H28N4O3/c1-13-16(14(2)25-20-13)5-3-8-19-18(24)22-10-4-9-21(11-12-22)17(23)15-6-7-15/h15H,3-12H2,1-2H3,(H,19,24). The van der Waals surface area contributed by atoms with Gasteiger partial charge in [-0.1, -0.05) is 5.16 Å². The number of hydrogen-bond donors (Lipinski definition) is 1. The predicted molar refractivity (Wildman–Crippen MR) is 93.2 cm³/mol. The molecule has 1 N–H and O–H groups in total. The normalized spacial score (nSPS) is 18.2. The summed E-state index contributed by atoms with van der Waals surface area (Å²) >= 11 is 0. The molecule has 0 radical (unpaired) electrons. The van der Waals surface area contributed by atoms with E-state index in [4.69, 9.17) is 4.52 Å². The molecule has 0 unspecified atom stereocenters. The molecule has 1 saturated carbocycles. The molecule has 0 bridgehead atoms. The molecule has 3 rings (SSSR count). The number of aryl methyl sites for hydroxylation is 2. The lowest BCUT2D eigenvalue weighted by Gasteiger charge is -2.22. The first-order valence-electron chi connectivity index (χ1n) is 9.29. The summed E-state index contributed by atoms with van der Waals surface area (Å²) in [5.41, 5.74) is 2.06. The van der Waals surface area contributed by atoms with Crippen molar-refractivity contribution >= 4 is 11.9 Å². The van der Waals surface area contributed by atoms with Crippen molar-refractivity contribution in [2.24, 2.45) is 5.92 Å². The van der Waals surface area contributed by atoms with Crippen LogP contribution < -0.4 is 5.32 Å². The van der Waals surface area contributed by atoms with E-state index in [1.807, 2.05) is 23.6 Å². The number of nitrogens with zero attached hydrogens (tertiary/aromatic N) is 3. The van der Waals surface area contributed by atoms with Crippen molar-refractivity contribution in [2.75, 3.05) is 32.7 Å². The molecule has 7 nitrogen and oxygen atoms in total. The maximum Gasteiger partial charge on any atom is 0.317 e. The van der Waals surface area contributed by atoms with Gasteiger partial charge >= 0.3 is 6.03 Å². The highest BCUT2D eigenvalue weighted by Gasteiger charge is 2.34. The van der Waals surface area contributed by atoms with Gasteiger partial charge in [-0.25, -0.2) is 4.79 Å². The zero-order valence-electron chi connectivity index (χ0n) is 15.2. The van der Waals surface area contributed by atoms with Crippen LogP contribution in [0.15, 0.2) is 4.52 Å². The monoisotopic (exact) mass is 348 g/mol. The lowest BCUT2D eigenvalue weighted by atomic mass is 10.1. The van der Waals surface area contributed by atoms with E-state index in [-0.39, 0.29) is 17.9 Å². The van der Waals surface area contributed by atoms with E-state index in [9.17, 15) is 9.59 Å². The number of amides is 3. The molecule has 0 aromatic carbocycles. The van der Waals surface area contributed by atoms with Gasteiger partial charge in [0.15, 0.2) is 0 Å². The third-order valence-corrected chi connectivity index (χ3v) is 5.08. The van der Waals surface area contributed by atoms with Gasteiger partial charge in [0.1, 0.15) is 5.76 Å². The lowest BCUT2D eigenvalue weighted by molar-refractivity contribution is -0.132. The van der Waals surface area contributed by atoms with Gasteiger partial charge in [-0.15, -0.1) is 0 Å². The van der Waals surface area contributed by atoms with Crippen LogP contribution in [-0.2, 0) is 11.2 Å². The summed E-state index contributed by atoms with van der Waals surface area (Å²) in [6.45, 7) is 7.24. The molecular weight excluding hydrogens is 320 g/mol. The maximum atomic E-state index is 12.3. The minimum Gasteiger partial charge on any atom is -0.361 e. The summed E-state index contributed by atoms with van der Waals surface area (Å²) in [5.74, 6) is 1.39. The second-order valence-corrected chi connectivity index (χ2v) is 7.08. The Bertz CT molecular complexity index is 604. The summed E-state index contributed by atoms with van der Waals surface area (Å²) in [7, 11) is 0. The number of urea groups is 1. The van der Waals surface area contributed by atoms with Gasteiger partial charge in [0.2, 0.25) is 5.91 Å². The Hall–Kier alpha value is -2.05. The van der Waals surface area contributed by atoms with Crippen LogP contribution in [0.3, 0.4) is 0 Å². The molecule has 7 heteroatoms. The molecule has 1 aromatic rings. The number of carbonyl (C=O) groups is 2. The fraction of sp³-hybridized carbons (Fsp3) is 0.722. The van der Waals surface area contributed by atoms with Crippen LogP contribution in [0.4, 0.5) is 4.79 Å². The van der Waals surface area contributed by atoms with Crippen LogP contribution in [0.2, 0.25) is 0 Å². The van der Waals surface area contributed by atoms with Crippen molar-refractivity contribution in [3.8, 4) is 0 Å². The van der Waals surface area contributed by atoms with Crippen molar-refractivity contribution in [3.05, 3.63) is 17.0 Å². The molecule has 2 heterocycles. The largest absolute Gasteiger partial charge is 0.361 e. The van der Waals surface area contributed by atoms with E-state index in [2.05, 4.69) is 10.5 Å². The Labute approximate surface area is 148 Å². The first-order valence-corrected chi connectivity index (χ1v) is 9.29. The zero-order valence-corrected chi connectivity index (χ0v) is 15.2. The summed E-state index contributed by atoms with van der Waals surface area (Å²) < 4.78 is 5.16. The summed E-state index contributed by atoms with van der Waals surface area (Å²) in [6.07, 6.45) is 4.63. The fourth-order valence-corrected chi connectivity index (χ4v) is 3.36. The van der Waals surface area contributed by atoms with Gasteiger partial charge in [-0.2, -0.15) is 0 Å². The van der Waals surface area contributed by atoms with Gasteiger partial charge in [0.25, 0.3) is 0 Å². The SMILES string of the molecule is Cc1noc(C)c1CCCNC(=O)N1CCCN(C(=O)C2CC2)CC1. The van der Waals surface area contributed by atoms with Crippen LogP contribution in [-0.4, -0.2) is 59.6 Å². The van der Waals surface area contributed by atoms with Crippen LogP contribution in [0.5, 0.6) is 0 Å². The van der Waals surface area contributed by atoms with E-state index >= 15 is 0 Å². The third-order valence-electron chi connectivity index (χ3n) is 5.08. The van der Waals surface area contributed by atoms with Crippen LogP contribution in [0.1, 0.15) is 42.7 Å². The smallest absolute Gasteiger partial charge is 0.317 e. The van der Waals surface area contributed by atoms with Gasteiger partial charge in [-0.3, -0.25) is 4.79 Å². The zero-order chi connectivity index (χ0) is 17.8.